The van der Waals surface area contributed by atoms with Gasteiger partial charge in [0.15, 0.2) is 6.04 Å². The SMILES string of the molecule is CCOC(=O)C(N)C(=O)N1CCCCC1(C)C(=O)O. The maximum Gasteiger partial charge on any atom is 0.332 e. The summed E-state index contributed by atoms with van der Waals surface area (Å²) >= 11 is 0. The van der Waals surface area contributed by atoms with Gasteiger partial charge < -0.3 is 20.5 Å². The van der Waals surface area contributed by atoms with Crippen molar-refractivity contribution in [2.75, 3.05) is 13.2 Å². The normalized spacial score (nSPS) is 24.7. The molecule has 0 aromatic heterocycles. The number of carboxylic acids is 1. The topological polar surface area (TPSA) is 110 Å². The Morgan fingerprint density at radius 2 is 2.05 bits per heavy atom. The first-order valence-corrected chi connectivity index (χ1v) is 6.31. The number of carbonyl (C=O) groups is 3. The van der Waals surface area contributed by atoms with Crippen molar-refractivity contribution in [2.24, 2.45) is 5.73 Å². The molecule has 1 aliphatic rings. The number of ether oxygens (including phenoxy) is 1. The second kappa shape index (κ2) is 6.01. The van der Waals surface area contributed by atoms with E-state index in [1.165, 1.54) is 11.8 Å². The number of likely N-dealkylation sites (tertiary alicyclic amines) is 1. The highest BCUT2D eigenvalue weighted by Crippen LogP contribution is 2.28. The fraction of sp³-hybridized carbons (Fsp3) is 0.750. The minimum Gasteiger partial charge on any atom is -0.480 e. The molecule has 0 spiro atoms. The van der Waals surface area contributed by atoms with Crippen LogP contribution in [-0.4, -0.2) is 52.6 Å². The number of hydrogen-bond donors (Lipinski definition) is 2. The predicted molar refractivity (Wildman–Crippen MR) is 66.2 cm³/mol. The molecule has 1 saturated heterocycles. The second-order valence-electron chi connectivity index (χ2n) is 4.76. The summed E-state index contributed by atoms with van der Waals surface area (Å²) in [5, 5.41) is 9.29. The third-order valence-corrected chi connectivity index (χ3v) is 3.42. The highest BCUT2D eigenvalue weighted by Gasteiger charge is 2.46. The maximum absolute atomic E-state index is 12.2. The van der Waals surface area contributed by atoms with Crippen molar-refractivity contribution < 1.29 is 24.2 Å². The van der Waals surface area contributed by atoms with Crippen molar-refractivity contribution in [3.63, 3.8) is 0 Å². The first-order valence-electron chi connectivity index (χ1n) is 6.31. The van der Waals surface area contributed by atoms with Crippen LogP contribution in [0.3, 0.4) is 0 Å². The van der Waals surface area contributed by atoms with Crippen molar-refractivity contribution in [3.8, 4) is 0 Å². The Morgan fingerprint density at radius 1 is 1.42 bits per heavy atom. The van der Waals surface area contributed by atoms with E-state index < -0.39 is 29.4 Å². The van der Waals surface area contributed by atoms with Crippen LogP contribution in [0.2, 0.25) is 0 Å². The van der Waals surface area contributed by atoms with E-state index in [1.807, 2.05) is 0 Å². The molecule has 3 N–H and O–H groups in total. The number of hydrogen-bond acceptors (Lipinski definition) is 5. The first-order chi connectivity index (χ1) is 8.84. The van der Waals surface area contributed by atoms with Crippen LogP contribution in [0.15, 0.2) is 0 Å². The van der Waals surface area contributed by atoms with Gasteiger partial charge in [0, 0.05) is 6.54 Å². The van der Waals surface area contributed by atoms with E-state index in [2.05, 4.69) is 4.74 Å². The van der Waals surface area contributed by atoms with Gasteiger partial charge in [0.1, 0.15) is 5.54 Å². The lowest BCUT2D eigenvalue weighted by Crippen LogP contribution is -2.62. The molecule has 0 aliphatic carbocycles. The van der Waals surface area contributed by atoms with Crippen molar-refractivity contribution >= 4 is 17.8 Å². The molecule has 1 amide bonds. The lowest BCUT2D eigenvalue weighted by atomic mass is 9.88. The standard InChI is InChI=1S/C12H20N2O5/c1-3-19-10(16)8(13)9(15)14-7-5-4-6-12(14,2)11(17)18/h8H,3-7,13H2,1-2H3,(H,17,18). The number of carbonyl (C=O) groups excluding carboxylic acids is 2. The van der Waals surface area contributed by atoms with E-state index in [4.69, 9.17) is 5.73 Å². The monoisotopic (exact) mass is 272 g/mol. The van der Waals surface area contributed by atoms with Gasteiger partial charge in [0.05, 0.1) is 6.61 Å². The minimum atomic E-state index is -1.46. The zero-order valence-corrected chi connectivity index (χ0v) is 11.2. The van der Waals surface area contributed by atoms with Gasteiger partial charge >= 0.3 is 11.9 Å². The number of rotatable bonds is 4. The Labute approximate surface area is 111 Å². The molecule has 1 heterocycles. The number of carboxylic acid groups (broad SMARTS) is 1. The van der Waals surface area contributed by atoms with Gasteiger partial charge in [-0.3, -0.25) is 4.79 Å². The molecule has 1 fully saturated rings. The highest BCUT2D eigenvalue weighted by molar-refractivity contribution is 6.03. The summed E-state index contributed by atoms with van der Waals surface area (Å²) < 4.78 is 4.69. The van der Waals surface area contributed by atoms with Gasteiger partial charge in [0.2, 0.25) is 0 Å². The van der Waals surface area contributed by atoms with E-state index in [0.717, 1.165) is 6.42 Å². The third-order valence-electron chi connectivity index (χ3n) is 3.42. The smallest absolute Gasteiger partial charge is 0.332 e. The molecule has 108 valence electrons. The molecule has 2 atom stereocenters. The minimum absolute atomic E-state index is 0.121. The second-order valence-corrected chi connectivity index (χ2v) is 4.76. The summed E-state index contributed by atoms with van der Waals surface area (Å²) in [6, 6.07) is -1.46. The highest BCUT2D eigenvalue weighted by atomic mass is 16.5. The Bertz CT molecular complexity index is 384. The number of nitrogens with two attached hydrogens (primary N) is 1. The van der Waals surface area contributed by atoms with Crippen molar-refractivity contribution in [3.05, 3.63) is 0 Å². The Kier molecular flexibility index (Phi) is 4.88. The van der Waals surface area contributed by atoms with Crippen LogP contribution in [0.4, 0.5) is 0 Å². The number of nitrogens with zero attached hydrogens (tertiary/aromatic N) is 1. The number of aliphatic carboxylic acids is 1. The summed E-state index contributed by atoms with van der Waals surface area (Å²) in [6.07, 6.45) is 1.77. The predicted octanol–water partition coefficient (Wildman–Crippen LogP) is -0.267. The average molecular weight is 272 g/mol. The maximum atomic E-state index is 12.2. The Hall–Kier alpha value is -1.63. The molecule has 2 unspecified atom stereocenters. The molecule has 0 aromatic carbocycles. The molecule has 7 nitrogen and oxygen atoms in total. The quantitative estimate of drug-likeness (QED) is 0.538. The zero-order chi connectivity index (χ0) is 14.6. The lowest BCUT2D eigenvalue weighted by molar-refractivity contribution is -0.165. The molecular weight excluding hydrogens is 252 g/mol. The van der Waals surface area contributed by atoms with Crippen molar-refractivity contribution in [1.29, 1.82) is 0 Å². The zero-order valence-electron chi connectivity index (χ0n) is 11.2. The van der Waals surface area contributed by atoms with E-state index in [0.29, 0.717) is 12.8 Å². The molecule has 0 aromatic rings. The number of amides is 1. The summed E-state index contributed by atoms with van der Waals surface area (Å²) in [4.78, 5) is 36.2. The molecule has 19 heavy (non-hydrogen) atoms. The Balaban J connectivity index is 2.89. The van der Waals surface area contributed by atoms with Crippen LogP contribution < -0.4 is 5.73 Å². The number of esters is 1. The summed E-state index contributed by atoms with van der Waals surface area (Å²) in [7, 11) is 0. The van der Waals surface area contributed by atoms with Gasteiger partial charge in [-0.15, -0.1) is 0 Å². The molecular formula is C12H20N2O5. The van der Waals surface area contributed by atoms with Crippen LogP contribution in [0, 0.1) is 0 Å². The van der Waals surface area contributed by atoms with Gasteiger partial charge in [-0.25, -0.2) is 9.59 Å². The first kappa shape index (κ1) is 15.4. The van der Waals surface area contributed by atoms with Gasteiger partial charge in [-0.1, -0.05) is 0 Å². The van der Waals surface area contributed by atoms with Gasteiger partial charge in [-0.2, -0.15) is 0 Å². The van der Waals surface area contributed by atoms with Gasteiger partial charge in [0.25, 0.3) is 5.91 Å². The van der Waals surface area contributed by atoms with Crippen molar-refractivity contribution in [1.82, 2.24) is 4.90 Å². The van der Waals surface area contributed by atoms with Crippen LogP contribution >= 0.6 is 0 Å². The fourth-order valence-electron chi connectivity index (χ4n) is 2.20. The van der Waals surface area contributed by atoms with E-state index in [9.17, 15) is 19.5 Å². The Morgan fingerprint density at radius 3 is 2.58 bits per heavy atom. The molecule has 7 heteroatoms. The lowest BCUT2D eigenvalue weighted by Gasteiger charge is -2.42. The van der Waals surface area contributed by atoms with Crippen LogP contribution in [-0.2, 0) is 19.1 Å². The molecule has 1 aliphatic heterocycles. The van der Waals surface area contributed by atoms with Gasteiger partial charge in [-0.05, 0) is 33.1 Å². The average Bonchev–Trinajstić information content (AvgIpc) is 2.37. The van der Waals surface area contributed by atoms with Crippen LogP contribution in [0.5, 0.6) is 0 Å². The molecule has 0 saturated carbocycles. The number of piperidine rings is 1. The van der Waals surface area contributed by atoms with Crippen LogP contribution in [0.25, 0.3) is 0 Å². The third kappa shape index (κ3) is 3.04. The molecule has 0 radical (unpaired) electrons. The largest absolute Gasteiger partial charge is 0.480 e. The van der Waals surface area contributed by atoms with E-state index in [-0.39, 0.29) is 13.2 Å². The van der Waals surface area contributed by atoms with Crippen molar-refractivity contribution in [2.45, 2.75) is 44.7 Å². The molecule has 1 rings (SSSR count). The van der Waals surface area contributed by atoms with Crippen LogP contribution in [0.1, 0.15) is 33.1 Å². The summed E-state index contributed by atoms with van der Waals surface area (Å²) in [5.41, 5.74) is 4.23. The van der Waals surface area contributed by atoms with E-state index >= 15 is 0 Å². The van der Waals surface area contributed by atoms with E-state index in [1.54, 1.807) is 6.92 Å². The summed E-state index contributed by atoms with van der Waals surface area (Å²) in [6.45, 7) is 3.49. The summed E-state index contributed by atoms with van der Waals surface area (Å²) in [5.74, 6) is -2.61. The fourth-order valence-corrected chi connectivity index (χ4v) is 2.20. The molecule has 0 bridgehead atoms.